The van der Waals surface area contributed by atoms with E-state index >= 15 is 0 Å². The van der Waals surface area contributed by atoms with Crippen LogP contribution >= 0.6 is 0 Å². The molecule has 0 aromatic heterocycles. The minimum atomic E-state index is -1.78. The number of nitrogens with one attached hydrogen (secondary N) is 2. The first-order valence-corrected chi connectivity index (χ1v) is 10.8. The number of carbonyl (C=O) groups is 5. The van der Waals surface area contributed by atoms with Crippen molar-refractivity contribution >= 4 is 36.8 Å². The molecule has 0 spiro atoms. The lowest BCUT2D eigenvalue weighted by atomic mass is 9.72. The van der Waals surface area contributed by atoms with E-state index in [4.69, 9.17) is 4.65 Å². The zero-order valence-electron chi connectivity index (χ0n) is 18.7. The summed E-state index contributed by atoms with van der Waals surface area (Å²) >= 11 is 0. The maximum Gasteiger partial charge on any atom is 0.547 e. The molecule has 2 aliphatic rings. The Morgan fingerprint density at radius 1 is 1.23 bits per heavy atom. The van der Waals surface area contributed by atoms with Crippen molar-refractivity contribution in [2.45, 2.75) is 31.4 Å². The minimum Gasteiger partial charge on any atom is -0.534 e. The van der Waals surface area contributed by atoms with Gasteiger partial charge in [-0.1, -0.05) is 12.1 Å². The highest BCUT2D eigenvalue weighted by atomic mass is 16.5. The lowest BCUT2D eigenvalue weighted by Crippen LogP contribution is -2.64. The highest BCUT2D eigenvalue weighted by Gasteiger charge is 2.41. The third-order valence-electron chi connectivity index (χ3n) is 5.75. The zero-order valence-corrected chi connectivity index (χ0v) is 18.7. The van der Waals surface area contributed by atoms with Crippen LogP contribution < -0.4 is 15.3 Å². The second kappa shape index (κ2) is 10.7. The predicted octanol–water partition coefficient (Wildman–Crippen LogP) is -3.05. The molecule has 3 rings (SSSR count). The quantitative estimate of drug-likeness (QED) is 0.167. The summed E-state index contributed by atoms with van der Waals surface area (Å²) in [6.07, 6.45) is -1.82. The Bertz CT molecular complexity index is 1040. The predicted molar refractivity (Wildman–Crippen MR) is 117 cm³/mol. The molecule has 0 saturated carbocycles. The van der Waals surface area contributed by atoms with E-state index in [0.29, 0.717) is 10.5 Å². The van der Waals surface area contributed by atoms with E-state index in [1.54, 1.807) is 13.0 Å². The summed E-state index contributed by atoms with van der Waals surface area (Å²) < 4.78 is 5.29. The van der Waals surface area contributed by atoms with Gasteiger partial charge in [-0.05, 0) is 25.0 Å². The molecule has 15 heteroatoms. The number of nitrogens with zero attached hydrogens (tertiary/aromatic N) is 2. The maximum atomic E-state index is 12.9. The fraction of sp³-hybridized carbons (Fsp3) is 0.450. The maximum absolute atomic E-state index is 12.9. The third kappa shape index (κ3) is 5.36. The second-order valence-electron chi connectivity index (χ2n) is 7.95. The van der Waals surface area contributed by atoms with Gasteiger partial charge in [0.15, 0.2) is 0 Å². The van der Waals surface area contributed by atoms with Crippen LogP contribution in [0.3, 0.4) is 0 Å². The topological polar surface area (TPSA) is 206 Å². The van der Waals surface area contributed by atoms with Crippen LogP contribution in [0.5, 0.6) is 5.75 Å². The fourth-order valence-electron chi connectivity index (χ4n) is 3.81. The lowest BCUT2D eigenvalue weighted by Gasteiger charge is -2.34. The number of para-hydroxylation sites is 1. The number of imide groups is 1. The molecule has 1 saturated heterocycles. The summed E-state index contributed by atoms with van der Waals surface area (Å²) in [5.41, 5.74) is 0.219. The fourth-order valence-corrected chi connectivity index (χ4v) is 3.81. The van der Waals surface area contributed by atoms with E-state index < -0.39 is 61.5 Å². The highest BCUT2D eigenvalue weighted by Crippen LogP contribution is 2.30. The first-order chi connectivity index (χ1) is 16.6. The molecule has 2 heterocycles. The molecule has 6 N–H and O–H groups in total. The van der Waals surface area contributed by atoms with Gasteiger partial charge in [-0.15, -0.1) is 0 Å². The van der Waals surface area contributed by atoms with Crippen LogP contribution in [0, 0.1) is 0 Å². The Morgan fingerprint density at radius 2 is 1.94 bits per heavy atom. The molecule has 3 atom stereocenters. The SMILES string of the molecule is CCN1CCN(C(=O)N[C@H](C(=O)N[C@H]2Cc3cccc(C(=O)O)c3OB2O)[C@H](O)CO)C(=O)C1=O. The van der Waals surface area contributed by atoms with Gasteiger partial charge in [-0.3, -0.25) is 19.3 Å². The first-order valence-electron chi connectivity index (χ1n) is 10.8. The van der Waals surface area contributed by atoms with E-state index in [1.807, 2.05) is 0 Å². The number of benzene rings is 1. The smallest absolute Gasteiger partial charge is 0.534 e. The van der Waals surface area contributed by atoms with Gasteiger partial charge in [0, 0.05) is 19.6 Å². The Kier molecular flexibility index (Phi) is 7.94. The molecule has 2 aliphatic heterocycles. The molecule has 0 aliphatic carbocycles. The van der Waals surface area contributed by atoms with E-state index in [-0.39, 0.29) is 37.4 Å². The number of rotatable bonds is 7. The van der Waals surface area contributed by atoms with Crippen molar-refractivity contribution in [3.05, 3.63) is 29.3 Å². The average molecular weight is 492 g/mol. The Hall–Kier alpha value is -3.69. The molecular weight excluding hydrogens is 467 g/mol. The number of amides is 5. The minimum absolute atomic E-state index is 0.0365. The molecule has 5 amide bonds. The Balaban J connectivity index is 1.72. The van der Waals surface area contributed by atoms with Crippen molar-refractivity contribution in [1.82, 2.24) is 20.4 Å². The van der Waals surface area contributed by atoms with Crippen LogP contribution in [0.2, 0.25) is 0 Å². The monoisotopic (exact) mass is 492 g/mol. The number of carboxylic acids is 1. The van der Waals surface area contributed by atoms with Crippen LogP contribution in [0.4, 0.5) is 4.79 Å². The summed E-state index contributed by atoms with van der Waals surface area (Å²) in [5, 5.41) is 43.6. The molecular formula is C20H25BN4O10. The zero-order chi connectivity index (χ0) is 25.9. The second-order valence-corrected chi connectivity index (χ2v) is 7.95. The molecule has 1 aromatic carbocycles. The standard InChI is InChI=1S/C20H25BN4O10/c1-2-24-6-7-25(18(30)17(24)29)20(33)23-14(12(27)9-26)16(28)22-13-8-10-4-3-5-11(19(31)32)15(10)35-21(13)34/h3-5,12-14,26-27,34H,2,6-9H2,1H3,(H,22,28)(H,23,33)(H,31,32)/t12-,13+,14+/m1/s1. The van der Waals surface area contributed by atoms with Crippen molar-refractivity contribution in [3.8, 4) is 5.75 Å². The number of aliphatic hydroxyl groups excluding tert-OH is 2. The Morgan fingerprint density at radius 3 is 2.57 bits per heavy atom. The van der Waals surface area contributed by atoms with Gasteiger partial charge < -0.3 is 40.5 Å². The normalized spacial score (nSPS) is 19.4. The molecule has 188 valence electrons. The summed E-state index contributed by atoms with van der Waals surface area (Å²) in [5.74, 6) is -5.42. The van der Waals surface area contributed by atoms with Gasteiger partial charge >= 0.3 is 30.9 Å². The third-order valence-corrected chi connectivity index (χ3v) is 5.75. The largest absolute Gasteiger partial charge is 0.547 e. The van der Waals surface area contributed by atoms with E-state index in [0.717, 1.165) is 0 Å². The van der Waals surface area contributed by atoms with Gasteiger partial charge in [0.25, 0.3) is 0 Å². The van der Waals surface area contributed by atoms with Crippen LogP contribution in [-0.4, -0.2) is 111 Å². The average Bonchev–Trinajstić information content (AvgIpc) is 2.83. The van der Waals surface area contributed by atoms with Crippen LogP contribution in [0.15, 0.2) is 18.2 Å². The molecule has 35 heavy (non-hydrogen) atoms. The molecule has 14 nitrogen and oxygen atoms in total. The summed E-state index contributed by atoms with van der Waals surface area (Å²) in [6.45, 7) is 0.979. The first kappa shape index (κ1) is 25.9. The number of hydrogen-bond acceptors (Lipinski definition) is 9. The van der Waals surface area contributed by atoms with Crippen LogP contribution in [-0.2, 0) is 20.8 Å². The van der Waals surface area contributed by atoms with E-state index in [9.17, 15) is 44.3 Å². The number of aromatic carboxylic acids is 1. The number of urea groups is 1. The van der Waals surface area contributed by atoms with Crippen molar-refractivity contribution in [1.29, 1.82) is 0 Å². The number of piperazine rings is 1. The van der Waals surface area contributed by atoms with Gasteiger partial charge in [0.1, 0.15) is 17.9 Å². The van der Waals surface area contributed by atoms with Crippen molar-refractivity contribution < 1.29 is 49.0 Å². The Labute approximate surface area is 199 Å². The highest BCUT2D eigenvalue weighted by molar-refractivity contribution is 6.47. The lowest BCUT2D eigenvalue weighted by molar-refractivity contribution is -0.153. The molecule has 1 fully saturated rings. The molecule has 0 radical (unpaired) electrons. The van der Waals surface area contributed by atoms with Crippen molar-refractivity contribution in [3.63, 3.8) is 0 Å². The van der Waals surface area contributed by atoms with Crippen LogP contribution in [0.1, 0.15) is 22.8 Å². The van der Waals surface area contributed by atoms with E-state index in [2.05, 4.69) is 10.6 Å². The van der Waals surface area contributed by atoms with Crippen LogP contribution in [0.25, 0.3) is 0 Å². The van der Waals surface area contributed by atoms with E-state index in [1.165, 1.54) is 17.0 Å². The summed E-state index contributed by atoms with van der Waals surface area (Å²) in [4.78, 5) is 63.0. The van der Waals surface area contributed by atoms with Crippen molar-refractivity contribution in [2.24, 2.45) is 0 Å². The van der Waals surface area contributed by atoms with Crippen molar-refractivity contribution in [2.75, 3.05) is 26.2 Å². The molecule has 1 aromatic rings. The molecule has 0 bridgehead atoms. The number of likely N-dealkylation sites (N-methyl/N-ethyl adjacent to an activating group) is 1. The number of carbonyl (C=O) groups excluding carboxylic acids is 4. The van der Waals surface area contributed by atoms with Gasteiger partial charge in [0.05, 0.1) is 18.1 Å². The number of fused-ring (bicyclic) bond motifs is 1. The summed E-state index contributed by atoms with van der Waals surface area (Å²) in [7, 11) is -1.66. The molecule has 0 unspecified atom stereocenters. The van der Waals surface area contributed by atoms with Gasteiger partial charge in [-0.2, -0.15) is 0 Å². The number of carboxylic acid groups (broad SMARTS) is 1. The van der Waals surface area contributed by atoms with Gasteiger partial charge in [0.2, 0.25) is 5.91 Å². The number of hydrogen-bond donors (Lipinski definition) is 6. The van der Waals surface area contributed by atoms with Gasteiger partial charge in [-0.25, -0.2) is 9.59 Å². The number of aliphatic hydroxyl groups is 2. The summed E-state index contributed by atoms with van der Waals surface area (Å²) in [6, 6.07) is 1.44.